The topological polar surface area (TPSA) is 59.9 Å². The second-order valence-electron chi connectivity index (χ2n) is 4.21. The molecule has 0 radical (unpaired) electrons. The van der Waals surface area contributed by atoms with Crippen LogP contribution in [-0.4, -0.2) is 21.1 Å². The van der Waals surface area contributed by atoms with Crippen molar-refractivity contribution in [3.05, 3.63) is 40.8 Å². The maximum Gasteiger partial charge on any atom is 0.222 e. The van der Waals surface area contributed by atoms with Gasteiger partial charge in [-0.3, -0.25) is 0 Å². The van der Waals surface area contributed by atoms with E-state index in [1.54, 1.807) is 18.6 Å². The molecule has 0 spiro atoms. The first kappa shape index (κ1) is 13.7. The summed E-state index contributed by atoms with van der Waals surface area (Å²) in [5.74, 6) is 1.21. The molecule has 0 fully saturated rings. The van der Waals surface area contributed by atoms with Crippen molar-refractivity contribution in [2.45, 2.75) is 26.5 Å². The molecule has 0 unspecified atom stereocenters. The molecule has 2 aromatic rings. The number of anilines is 1. The van der Waals surface area contributed by atoms with Crippen LogP contribution in [0.5, 0.6) is 5.88 Å². The third-order valence-electron chi connectivity index (χ3n) is 2.25. The average molecular weight is 323 g/mol. The SMILES string of the molecule is CC(C)Oc1ncccc1CNc1ncc(Br)cn1. The molecule has 19 heavy (non-hydrogen) atoms. The second kappa shape index (κ2) is 6.47. The third kappa shape index (κ3) is 4.17. The lowest BCUT2D eigenvalue weighted by Crippen LogP contribution is -2.11. The number of hydrogen-bond donors (Lipinski definition) is 1. The summed E-state index contributed by atoms with van der Waals surface area (Å²) in [6.45, 7) is 4.52. The Hall–Kier alpha value is -1.69. The van der Waals surface area contributed by atoms with Gasteiger partial charge in [0.25, 0.3) is 0 Å². The van der Waals surface area contributed by atoms with E-state index in [9.17, 15) is 0 Å². The molecular formula is C13H15BrN4O. The van der Waals surface area contributed by atoms with E-state index in [-0.39, 0.29) is 6.10 Å². The molecule has 0 atom stereocenters. The molecule has 6 heteroatoms. The molecule has 2 rings (SSSR count). The highest BCUT2D eigenvalue weighted by Gasteiger charge is 2.07. The number of ether oxygens (including phenoxy) is 1. The summed E-state index contributed by atoms with van der Waals surface area (Å²) in [6.07, 6.45) is 5.21. The first-order valence-electron chi connectivity index (χ1n) is 5.97. The average Bonchev–Trinajstić information content (AvgIpc) is 2.39. The monoisotopic (exact) mass is 322 g/mol. The zero-order valence-corrected chi connectivity index (χ0v) is 12.4. The van der Waals surface area contributed by atoms with Crippen molar-refractivity contribution in [1.82, 2.24) is 15.0 Å². The number of hydrogen-bond acceptors (Lipinski definition) is 5. The van der Waals surface area contributed by atoms with Gasteiger partial charge in [-0.15, -0.1) is 0 Å². The molecule has 1 N–H and O–H groups in total. The Kier molecular flexibility index (Phi) is 4.68. The normalized spacial score (nSPS) is 10.5. The van der Waals surface area contributed by atoms with E-state index >= 15 is 0 Å². The van der Waals surface area contributed by atoms with Crippen molar-refractivity contribution in [3.63, 3.8) is 0 Å². The maximum absolute atomic E-state index is 5.65. The third-order valence-corrected chi connectivity index (χ3v) is 2.66. The van der Waals surface area contributed by atoms with E-state index in [0.717, 1.165) is 10.0 Å². The maximum atomic E-state index is 5.65. The van der Waals surface area contributed by atoms with Gasteiger partial charge in [0, 0.05) is 30.7 Å². The summed E-state index contributed by atoms with van der Waals surface area (Å²) in [4.78, 5) is 12.5. The fourth-order valence-electron chi connectivity index (χ4n) is 1.47. The Labute approximate surface area is 120 Å². The van der Waals surface area contributed by atoms with Crippen LogP contribution in [0.15, 0.2) is 35.2 Å². The molecule has 100 valence electrons. The van der Waals surface area contributed by atoms with Crippen molar-refractivity contribution in [2.24, 2.45) is 0 Å². The largest absolute Gasteiger partial charge is 0.475 e. The van der Waals surface area contributed by atoms with Crippen molar-refractivity contribution in [3.8, 4) is 5.88 Å². The number of nitrogens with zero attached hydrogens (tertiary/aromatic N) is 3. The van der Waals surface area contributed by atoms with E-state index in [4.69, 9.17) is 4.74 Å². The van der Waals surface area contributed by atoms with Crippen molar-refractivity contribution >= 4 is 21.9 Å². The molecular weight excluding hydrogens is 308 g/mol. The molecule has 0 saturated heterocycles. The van der Waals surface area contributed by atoms with Crippen LogP contribution in [0.1, 0.15) is 19.4 Å². The minimum atomic E-state index is 0.0950. The number of aromatic nitrogens is 3. The van der Waals surface area contributed by atoms with Gasteiger partial charge in [0.15, 0.2) is 0 Å². The smallest absolute Gasteiger partial charge is 0.222 e. The Balaban J connectivity index is 2.04. The van der Waals surface area contributed by atoms with Crippen LogP contribution in [-0.2, 0) is 6.54 Å². The molecule has 2 aromatic heterocycles. The van der Waals surface area contributed by atoms with Crippen LogP contribution in [0.4, 0.5) is 5.95 Å². The predicted molar refractivity (Wildman–Crippen MR) is 77.1 cm³/mol. The highest BCUT2D eigenvalue weighted by Crippen LogP contribution is 2.17. The lowest BCUT2D eigenvalue weighted by molar-refractivity contribution is 0.230. The van der Waals surface area contributed by atoms with Gasteiger partial charge in [-0.05, 0) is 35.8 Å². The van der Waals surface area contributed by atoms with E-state index in [2.05, 4.69) is 36.2 Å². The zero-order chi connectivity index (χ0) is 13.7. The Bertz CT molecular complexity index is 530. The summed E-state index contributed by atoms with van der Waals surface area (Å²) >= 11 is 3.30. The summed E-state index contributed by atoms with van der Waals surface area (Å²) in [7, 11) is 0. The molecule has 0 aliphatic heterocycles. The molecule has 2 heterocycles. The van der Waals surface area contributed by atoms with Gasteiger partial charge < -0.3 is 10.1 Å². The van der Waals surface area contributed by atoms with E-state index < -0.39 is 0 Å². The highest BCUT2D eigenvalue weighted by atomic mass is 79.9. The molecule has 0 aromatic carbocycles. The standard InChI is InChI=1S/C13H15BrN4O/c1-9(2)19-12-10(4-3-5-15-12)6-16-13-17-7-11(14)8-18-13/h3-5,7-9H,6H2,1-2H3,(H,16,17,18). The molecule has 0 amide bonds. The van der Waals surface area contributed by atoms with Crippen LogP contribution < -0.4 is 10.1 Å². The van der Waals surface area contributed by atoms with Crippen molar-refractivity contribution in [1.29, 1.82) is 0 Å². The van der Waals surface area contributed by atoms with Gasteiger partial charge in [0.1, 0.15) is 0 Å². The fourth-order valence-corrected chi connectivity index (χ4v) is 1.67. The van der Waals surface area contributed by atoms with E-state index in [1.807, 2.05) is 26.0 Å². The van der Waals surface area contributed by atoms with Crippen LogP contribution in [0.3, 0.4) is 0 Å². The predicted octanol–water partition coefficient (Wildman–Crippen LogP) is 3.03. The van der Waals surface area contributed by atoms with Crippen LogP contribution >= 0.6 is 15.9 Å². The first-order valence-corrected chi connectivity index (χ1v) is 6.76. The first-order chi connectivity index (χ1) is 9.15. The zero-order valence-electron chi connectivity index (χ0n) is 10.8. The Morgan fingerprint density at radius 1 is 1.26 bits per heavy atom. The van der Waals surface area contributed by atoms with Gasteiger partial charge >= 0.3 is 0 Å². The van der Waals surface area contributed by atoms with Crippen molar-refractivity contribution < 1.29 is 4.74 Å². The summed E-state index contributed by atoms with van der Waals surface area (Å²) in [6, 6.07) is 3.85. The lowest BCUT2D eigenvalue weighted by atomic mass is 10.2. The number of rotatable bonds is 5. The van der Waals surface area contributed by atoms with Gasteiger partial charge in [-0.1, -0.05) is 6.07 Å². The quantitative estimate of drug-likeness (QED) is 0.916. The molecule has 5 nitrogen and oxygen atoms in total. The lowest BCUT2D eigenvalue weighted by Gasteiger charge is -2.13. The van der Waals surface area contributed by atoms with Crippen LogP contribution in [0, 0.1) is 0 Å². The van der Waals surface area contributed by atoms with Gasteiger partial charge in [0.2, 0.25) is 11.8 Å². The number of halogens is 1. The Morgan fingerprint density at radius 3 is 2.68 bits per heavy atom. The van der Waals surface area contributed by atoms with Gasteiger partial charge in [-0.25, -0.2) is 15.0 Å². The number of nitrogens with one attached hydrogen (secondary N) is 1. The molecule has 0 bridgehead atoms. The summed E-state index contributed by atoms with van der Waals surface area (Å²) in [5, 5.41) is 3.14. The highest BCUT2D eigenvalue weighted by molar-refractivity contribution is 9.10. The fraction of sp³-hybridized carbons (Fsp3) is 0.308. The van der Waals surface area contributed by atoms with Crippen LogP contribution in [0.25, 0.3) is 0 Å². The van der Waals surface area contributed by atoms with E-state index in [0.29, 0.717) is 18.4 Å². The summed E-state index contributed by atoms with van der Waals surface area (Å²) < 4.78 is 6.50. The molecule has 0 aliphatic rings. The van der Waals surface area contributed by atoms with Gasteiger partial charge in [0.05, 0.1) is 10.6 Å². The molecule has 0 saturated carbocycles. The Morgan fingerprint density at radius 2 is 2.00 bits per heavy atom. The summed E-state index contributed by atoms with van der Waals surface area (Å²) in [5.41, 5.74) is 0.975. The molecule has 0 aliphatic carbocycles. The van der Waals surface area contributed by atoms with Crippen LogP contribution in [0.2, 0.25) is 0 Å². The minimum absolute atomic E-state index is 0.0950. The van der Waals surface area contributed by atoms with E-state index in [1.165, 1.54) is 0 Å². The number of pyridine rings is 1. The van der Waals surface area contributed by atoms with Crippen molar-refractivity contribution in [2.75, 3.05) is 5.32 Å². The minimum Gasteiger partial charge on any atom is -0.475 e. The van der Waals surface area contributed by atoms with Gasteiger partial charge in [-0.2, -0.15) is 0 Å². The second-order valence-corrected chi connectivity index (χ2v) is 5.13.